The normalized spacial score (nSPS) is 14.9. The molecule has 0 bridgehead atoms. The standard InChI is InChI=1S/C26H22FN3O3/c1-3-33-21-13-9-19(10-14-21)30-25(17-5-4-6-18(27)15-17)22-23(28-29-24(22)26(30)31)16-7-11-20(32-2)12-8-16/h4-15,25H,3H2,1-2H3,(H,28,29)/t25-/m0/s1. The van der Waals surface area contributed by atoms with Gasteiger partial charge in [-0.25, -0.2) is 4.39 Å². The van der Waals surface area contributed by atoms with E-state index in [0.717, 1.165) is 11.3 Å². The second kappa shape index (κ2) is 8.43. The van der Waals surface area contributed by atoms with E-state index < -0.39 is 6.04 Å². The highest BCUT2D eigenvalue weighted by molar-refractivity contribution is 6.11. The van der Waals surface area contributed by atoms with E-state index in [1.54, 1.807) is 18.1 Å². The molecule has 1 amide bonds. The van der Waals surface area contributed by atoms with Crippen molar-refractivity contribution in [3.05, 3.63) is 95.4 Å². The van der Waals surface area contributed by atoms with Gasteiger partial charge in [0.1, 0.15) is 23.0 Å². The molecular formula is C26H22FN3O3. The third-order valence-corrected chi connectivity index (χ3v) is 5.72. The first-order valence-corrected chi connectivity index (χ1v) is 10.6. The number of carbonyl (C=O) groups excluding carboxylic acids is 1. The van der Waals surface area contributed by atoms with Crippen molar-refractivity contribution in [2.45, 2.75) is 13.0 Å². The Bertz CT molecular complexity index is 1300. The van der Waals surface area contributed by atoms with Crippen LogP contribution in [-0.2, 0) is 0 Å². The number of anilines is 1. The Morgan fingerprint density at radius 3 is 2.42 bits per heavy atom. The highest BCUT2D eigenvalue weighted by Gasteiger charge is 2.43. The third kappa shape index (κ3) is 3.61. The quantitative estimate of drug-likeness (QED) is 0.435. The number of amides is 1. The molecule has 7 heteroatoms. The number of hydrogen-bond acceptors (Lipinski definition) is 4. The van der Waals surface area contributed by atoms with Gasteiger partial charge in [0.25, 0.3) is 5.91 Å². The lowest BCUT2D eigenvalue weighted by molar-refractivity contribution is 0.0988. The Morgan fingerprint density at radius 1 is 1.03 bits per heavy atom. The molecule has 1 aliphatic heterocycles. The largest absolute Gasteiger partial charge is 0.497 e. The second-order valence-corrected chi connectivity index (χ2v) is 7.65. The van der Waals surface area contributed by atoms with Gasteiger partial charge in [0, 0.05) is 16.8 Å². The lowest BCUT2D eigenvalue weighted by Crippen LogP contribution is -2.29. The Hall–Kier alpha value is -4.13. The summed E-state index contributed by atoms with van der Waals surface area (Å²) in [5, 5.41) is 7.37. The topological polar surface area (TPSA) is 67.5 Å². The van der Waals surface area contributed by atoms with Gasteiger partial charge in [-0.1, -0.05) is 12.1 Å². The van der Waals surface area contributed by atoms with Gasteiger partial charge in [0.15, 0.2) is 0 Å². The number of nitrogens with one attached hydrogen (secondary N) is 1. The number of aromatic nitrogens is 2. The number of hydrogen-bond donors (Lipinski definition) is 1. The number of rotatable bonds is 6. The highest BCUT2D eigenvalue weighted by Crippen LogP contribution is 2.45. The molecule has 0 spiro atoms. The van der Waals surface area contributed by atoms with Crippen LogP contribution in [-0.4, -0.2) is 29.8 Å². The molecule has 0 saturated heterocycles. The zero-order chi connectivity index (χ0) is 22.9. The van der Waals surface area contributed by atoms with Crippen LogP contribution in [0.3, 0.4) is 0 Å². The van der Waals surface area contributed by atoms with Gasteiger partial charge in [-0.3, -0.25) is 14.8 Å². The van der Waals surface area contributed by atoms with Crippen LogP contribution in [0.5, 0.6) is 11.5 Å². The molecule has 4 aromatic rings. The predicted octanol–water partition coefficient (Wildman–Crippen LogP) is 5.37. The molecule has 3 aromatic carbocycles. The molecular weight excluding hydrogens is 421 g/mol. The van der Waals surface area contributed by atoms with E-state index in [2.05, 4.69) is 10.2 Å². The zero-order valence-corrected chi connectivity index (χ0v) is 18.2. The summed E-state index contributed by atoms with van der Waals surface area (Å²) in [5.41, 5.74) is 3.92. The van der Waals surface area contributed by atoms with E-state index in [0.29, 0.717) is 40.6 Å². The number of nitrogens with zero attached hydrogens (tertiary/aromatic N) is 2. The van der Waals surface area contributed by atoms with Crippen molar-refractivity contribution in [2.75, 3.05) is 18.6 Å². The lowest BCUT2D eigenvalue weighted by Gasteiger charge is -2.26. The molecule has 5 rings (SSSR count). The lowest BCUT2D eigenvalue weighted by atomic mass is 9.95. The molecule has 1 N–H and O–H groups in total. The van der Waals surface area contributed by atoms with E-state index in [4.69, 9.17) is 9.47 Å². The maximum absolute atomic E-state index is 14.2. The van der Waals surface area contributed by atoms with E-state index in [-0.39, 0.29) is 11.7 Å². The molecule has 1 aliphatic rings. The number of methoxy groups -OCH3 is 1. The number of ether oxygens (including phenoxy) is 2. The summed E-state index contributed by atoms with van der Waals surface area (Å²) in [6.45, 7) is 2.47. The molecule has 1 aromatic heterocycles. The molecule has 1 atom stereocenters. The molecule has 6 nitrogen and oxygen atoms in total. The fraction of sp³-hybridized carbons (Fsp3) is 0.154. The maximum Gasteiger partial charge on any atom is 0.277 e. The maximum atomic E-state index is 14.2. The Morgan fingerprint density at radius 2 is 1.76 bits per heavy atom. The number of aromatic amines is 1. The average Bonchev–Trinajstić information content (AvgIpc) is 3.39. The molecule has 0 fully saturated rings. The Balaban J connectivity index is 1.65. The van der Waals surface area contributed by atoms with Gasteiger partial charge in [-0.05, 0) is 73.2 Å². The molecule has 0 unspecified atom stereocenters. The van der Waals surface area contributed by atoms with Crippen molar-refractivity contribution in [3.63, 3.8) is 0 Å². The van der Waals surface area contributed by atoms with Crippen molar-refractivity contribution < 1.29 is 18.7 Å². The monoisotopic (exact) mass is 443 g/mol. The number of H-pyrrole nitrogens is 1. The fourth-order valence-corrected chi connectivity index (χ4v) is 4.24. The number of halogens is 1. The fourth-order valence-electron chi connectivity index (χ4n) is 4.24. The number of benzene rings is 3. The first-order chi connectivity index (χ1) is 16.1. The predicted molar refractivity (Wildman–Crippen MR) is 123 cm³/mol. The minimum absolute atomic E-state index is 0.226. The first kappa shape index (κ1) is 20.8. The summed E-state index contributed by atoms with van der Waals surface area (Å²) in [7, 11) is 1.61. The Kier molecular flexibility index (Phi) is 5.30. The SMILES string of the molecule is CCOc1ccc(N2C(=O)c3[nH]nc(-c4ccc(OC)cc4)c3[C@@H]2c2cccc(F)c2)cc1. The summed E-state index contributed by atoms with van der Waals surface area (Å²) in [4.78, 5) is 15.2. The van der Waals surface area contributed by atoms with Crippen LogP contribution in [0, 0.1) is 5.82 Å². The number of carbonyl (C=O) groups is 1. The van der Waals surface area contributed by atoms with Gasteiger partial charge in [0.2, 0.25) is 0 Å². The zero-order valence-electron chi connectivity index (χ0n) is 18.2. The van der Waals surface area contributed by atoms with E-state index >= 15 is 0 Å². The molecule has 33 heavy (non-hydrogen) atoms. The van der Waals surface area contributed by atoms with Crippen LogP contribution >= 0.6 is 0 Å². The minimum atomic E-state index is -0.544. The summed E-state index contributed by atoms with van der Waals surface area (Å²) in [5.74, 6) is 0.847. The minimum Gasteiger partial charge on any atom is -0.497 e. The van der Waals surface area contributed by atoms with Crippen molar-refractivity contribution >= 4 is 11.6 Å². The molecule has 0 aliphatic carbocycles. The molecule has 166 valence electrons. The summed E-state index contributed by atoms with van der Waals surface area (Å²) < 4.78 is 25.0. The van der Waals surface area contributed by atoms with Crippen LogP contribution < -0.4 is 14.4 Å². The van der Waals surface area contributed by atoms with Crippen molar-refractivity contribution in [3.8, 4) is 22.8 Å². The van der Waals surface area contributed by atoms with E-state index in [1.807, 2.05) is 61.5 Å². The van der Waals surface area contributed by atoms with E-state index in [9.17, 15) is 9.18 Å². The molecule has 2 heterocycles. The van der Waals surface area contributed by atoms with Crippen LogP contribution in [0.4, 0.5) is 10.1 Å². The summed E-state index contributed by atoms with van der Waals surface area (Å²) in [6.07, 6.45) is 0. The summed E-state index contributed by atoms with van der Waals surface area (Å²) >= 11 is 0. The van der Waals surface area contributed by atoms with Crippen LogP contribution in [0.2, 0.25) is 0 Å². The second-order valence-electron chi connectivity index (χ2n) is 7.65. The summed E-state index contributed by atoms with van der Waals surface area (Å²) in [6, 6.07) is 20.6. The first-order valence-electron chi connectivity index (χ1n) is 10.6. The van der Waals surface area contributed by atoms with Crippen LogP contribution in [0.15, 0.2) is 72.8 Å². The van der Waals surface area contributed by atoms with Gasteiger partial charge in [-0.2, -0.15) is 5.10 Å². The highest BCUT2D eigenvalue weighted by atomic mass is 19.1. The van der Waals surface area contributed by atoms with E-state index in [1.165, 1.54) is 12.1 Å². The number of fused-ring (bicyclic) bond motifs is 1. The average molecular weight is 443 g/mol. The Labute approximate surface area is 190 Å². The smallest absolute Gasteiger partial charge is 0.277 e. The van der Waals surface area contributed by atoms with Crippen molar-refractivity contribution in [1.29, 1.82) is 0 Å². The van der Waals surface area contributed by atoms with Gasteiger partial charge < -0.3 is 9.47 Å². The van der Waals surface area contributed by atoms with Crippen molar-refractivity contribution in [1.82, 2.24) is 10.2 Å². The third-order valence-electron chi connectivity index (χ3n) is 5.72. The van der Waals surface area contributed by atoms with Gasteiger partial charge in [-0.15, -0.1) is 0 Å². The van der Waals surface area contributed by atoms with Gasteiger partial charge >= 0.3 is 0 Å². The molecule has 0 radical (unpaired) electrons. The van der Waals surface area contributed by atoms with Gasteiger partial charge in [0.05, 0.1) is 25.5 Å². The van der Waals surface area contributed by atoms with Crippen molar-refractivity contribution in [2.24, 2.45) is 0 Å². The van der Waals surface area contributed by atoms with Crippen LogP contribution in [0.25, 0.3) is 11.3 Å². The molecule has 0 saturated carbocycles. The van der Waals surface area contributed by atoms with Crippen LogP contribution in [0.1, 0.15) is 34.6 Å².